The molecule has 0 fully saturated rings. The minimum absolute atomic E-state index is 0.272. The van der Waals surface area contributed by atoms with Gasteiger partial charge in [0.05, 0.1) is 19.1 Å². The second-order valence-electron chi connectivity index (χ2n) is 4.68. The number of aromatic nitrogens is 2. The molecule has 0 spiro atoms. The Kier molecular flexibility index (Phi) is 4.90. The van der Waals surface area contributed by atoms with Gasteiger partial charge < -0.3 is 9.30 Å². The molecule has 0 radical (unpaired) electrons. The van der Waals surface area contributed by atoms with Crippen molar-refractivity contribution in [2.75, 3.05) is 7.11 Å². The summed E-state index contributed by atoms with van der Waals surface area (Å²) in [5, 5.41) is 3.22. The van der Waals surface area contributed by atoms with Crippen molar-refractivity contribution in [1.82, 2.24) is 14.9 Å². The van der Waals surface area contributed by atoms with Crippen molar-refractivity contribution in [3.8, 4) is 0 Å². The van der Waals surface area contributed by atoms with Crippen LogP contribution in [0.4, 0.5) is 0 Å². The van der Waals surface area contributed by atoms with E-state index in [4.69, 9.17) is 4.74 Å². The Hall–Kier alpha value is -2.14. The van der Waals surface area contributed by atoms with Gasteiger partial charge in [0.25, 0.3) is 0 Å². The summed E-state index contributed by atoms with van der Waals surface area (Å²) in [5.41, 5.74) is 1.99. The summed E-state index contributed by atoms with van der Waals surface area (Å²) < 4.78 is 6.71. The molecule has 2 aromatic rings. The highest BCUT2D eigenvalue weighted by atomic mass is 16.5. The fraction of sp³-hybridized carbons (Fsp3) is 0.333. The maximum Gasteiger partial charge on any atom is 0.323 e. The van der Waals surface area contributed by atoms with Gasteiger partial charge in [-0.25, -0.2) is 4.98 Å². The van der Waals surface area contributed by atoms with E-state index in [1.807, 2.05) is 48.1 Å². The normalized spacial score (nSPS) is 12.1. The molecule has 5 nitrogen and oxygen atoms in total. The highest BCUT2D eigenvalue weighted by Gasteiger charge is 2.20. The van der Waals surface area contributed by atoms with E-state index in [0.29, 0.717) is 13.0 Å². The predicted octanol–water partition coefficient (Wildman–Crippen LogP) is 1.29. The molecule has 1 heterocycles. The third kappa shape index (κ3) is 3.93. The maximum absolute atomic E-state index is 11.8. The second kappa shape index (κ2) is 6.86. The highest BCUT2D eigenvalue weighted by Crippen LogP contribution is 2.04. The summed E-state index contributed by atoms with van der Waals surface area (Å²) in [6.45, 7) is 0.618. The van der Waals surface area contributed by atoms with E-state index in [-0.39, 0.29) is 5.97 Å². The minimum Gasteiger partial charge on any atom is -0.468 e. The number of carbonyl (C=O) groups is 1. The van der Waals surface area contributed by atoms with E-state index < -0.39 is 6.04 Å². The second-order valence-corrected chi connectivity index (χ2v) is 4.68. The van der Waals surface area contributed by atoms with Gasteiger partial charge in [-0.15, -0.1) is 0 Å². The number of hydrogen-bond acceptors (Lipinski definition) is 4. The molecule has 5 heteroatoms. The van der Waals surface area contributed by atoms with Crippen LogP contribution in [0.5, 0.6) is 0 Å². The van der Waals surface area contributed by atoms with Gasteiger partial charge in [0.2, 0.25) is 0 Å². The molecule has 0 aliphatic carbocycles. The molecule has 2 rings (SSSR count). The molecule has 0 aliphatic rings. The number of esters is 1. The number of hydrogen-bond donors (Lipinski definition) is 1. The standard InChI is InChI=1S/C15H19N3O2/c1-18-10-13(17-11-18)8-14(15(19)20-2)16-9-12-6-4-3-5-7-12/h3-7,10-11,14,16H,8-9H2,1-2H3/t14-/m0/s1. The fourth-order valence-electron chi connectivity index (χ4n) is 2.00. The SMILES string of the molecule is COC(=O)[C@H](Cc1cn(C)cn1)NCc1ccccc1. The summed E-state index contributed by atoms with van der Waals surface area (Å²) in [7, 11) is 3.30. The molecule has 0 unspecified atom stereocenters. The minimum atomic E-state index is -0.393. The Bertz CT molecular complexity index is 551. The van der Waals surface area contributed by atoms with Crippen LogP contribution in [0.1, 0.15) is 11.3 Å². The molecule has 0 amide bonds. The third-order valence-corrected chi connectivity index (χ3v) is 3.05. The quantitative estimate of drug-likeness (QED) is 0.806. The molecule has 1 aromatic heterocycles. The van der Waals surface area contributed by atoms with Crippen molar-refractivity contribution < 1.29 is 9.53 Å². The number of benzene rings is 1. The van der Waals surface area contributed by atoms with Crippen LogP contribution < -0.4 is 5.32 Å². The summed E-state index contributed by atoms with van der Waals surface area (Å²) in [5.74, 6) is -0.272. The Morgan fingerprint density at radius 1 is 1.40 bits per heavy atom. The van der Waals surface area contributed by atoms with Gasteiger partial charge in [-0.3, -0.25) is 10.1 Å². The average Bonchev–Trinajstić information content (AvgIpc) is 2.89. The lowest BCUT2D eigenvalue weighted by molar-refractivity contribution is -0.143. The van der Waals surface area contributed by atoms with Crippen molar-refractivity contribution in [3.05, 3.63) is 54.1 Å². The van der Waals surface area contributed by atoms with Gasteiger partial charge >= 0.3 is 5.97 Å². The van der Waals surface area contributed by atoms with Crippen molar-refractivity contribution in [1.29, 1.82) is 0 Å². The average molecular weight is 273 g/mol. The van der Waals surface area contributed by atoms with Gasteiger partial charge in [-0.2, -0.15) is 0 Å². The van der Waals surface area contributed by atoms with E-state index >= 15 is 0 Å². The predicted molar refractivity (Wildman–Crippen MR) is 76.0 cm³/mol. The topological polar surface area (TPSA) is 56.2 Å². The smallest absolute Gasteiger partial charge is 0.323 e. The molecule has 20 heavy (non-hydrogen) atoms. The van der Waals surface area contributed by atoms with Crippen LogP contribution in [-0.4, -0.2) is 28.7 Å². The molecule has 1 N–H and O–H groups in total. The number of aryl methyl sites for hydroxylation is 1. The van der Waals surface area contributed by atoms with Gasteiger partial charge in [0.15, 0.2) is 0 Å². The number of carbonyl (C=O) groups excluding carboxylic acids is 1. The maximum atomic E-state index is 11.8. The van der Waals surface area contributed by atoms with Crippen LogP contribution in [0.25, 0.3) is 0 Å². The highest BCUT2D eigenvalue weighted by molar-refractivity contribution is 5.75. The molecular weight excluding hydrogens is 254 g/mol. The monoisotopic (exact) mass is 273 g/mol. The van der Waals surface area contributed by atoms with E-state index in [1.165, 1.54) is 7.11 Å². The number of nitrogens with zero attached hydrogens (tertiary/aromatic N) is 2. The van der Waals surface area contributed by atoms with Crippen LogP contribution in [-0.2, 0) is 29.5 Å². The lowest BCUT2D eigenvalue weighted by Crippen LogP contribution is -2.39. The van der Waals surface area contributed by atoms with Crippen molar-refractivity contribution >= 4 is 5.97 Å². The van der Waals surface area contributed by atoms with Crippen LogP contribution >= 0.6 is 0 Å². The summed E-state index contributed by atoms with van der Waals surface area (Å²) in [6.07, 6.45) is 4.14. The summed E-state index contributed by atoms with van der Waals surface area (Å²) in [4.78, 5) is 16.1. The Morgan fingerprint density at radius 3 is 2.75 bits per heavy atom. The number of imidazole rings is 1. The largest absolute Gasteiger partial charge is 0.468 e. The zero-order chi connectivity index (χ0) is 14.4. The van der Waals surface area contributed by atoms with Crippen molar-refractivity contribution in [3.63, 3.8) is 0 Å². The number of methoxy groups -OCH3 is 1. The zero-order valence-electron chi connectivity index (χ0n) is 11.7. The number of rotatable bonds is 6. The molecule has 0 bridgehead atoms. The molecule has 1 atom stereocenters. The Labute approximate surface area is 118 Å². The molecule has 0 saturated carbocycles. The number of ether oxygens (including phenoxy) is 1. The van der Waals surface area contributed by atoms with E-state index in [0.717, 1.165) is 11.3 Å². The number of nitrogens with one attached hydrogen (secondary N) is 1. The van der Waals surface area contributed by atoms with Crippen LogP contribution in [0, 0.1) is 0 Å². The third-order valence-electron chi connectivity index (χ3n) is 3.05. The fourth-order valence-corrected chi connectivity index (χ4v) is 2.00. The van der Waals surface area contributed by atoms with Crippen LogP contribution in [0.15, 0.2) is 42.9 Å². The van der Waals surface area contributed by atoms with E-state index in [2.05, 4.69) is 10.3 Å². The first-order valence-electron chi connectivity index (χ1n) is 6.51. The first kappa shape index (κ1) is 14.3. The van der Waals surface area contributed by atoms with Gasteiger partial charge in [-0.1, -0.05) is 30.3 Å². The molecular formula is C15H19N3O2. The van der Waals surface area contributed by atoms with E-state index in [1.54, 1.807) is 6.33 Å². The summed E-state index contributed by atoms with van der Waals surface area (Å²) >= 11 is 0. The van der Waals surface area contributed by atoms with Gasteiger partial charge in [0.1, 0.15) is 6.04 Å². The van der Waals surface area contributed by atoms with Crippen LogP contribution in [0.2, 0.25) is 0 Å². The first-order chi connectivity index (χ1) is 9.69. The van der Waals surface area contributed by atoms with Gasteiger partial charge in [0, 0.05) is 26.2 Å². The van der Waals surface area contributed by atoms with E-state index in [9.17, 15) is 4.79 Å². The summed E-state index contributed by atoms with van der Waals surface area (Å²) in [6, 6.07) is 9.56. The lowest BCUT2D eigenvalue weighted by atomic mass is 10.1. The molecule has 0 saturated heterocycles. The van der Waals surface area contributed by atoms with Crippen LogP contribution in [0.3, 0.4) is 0 Å². The molecule has 1 aromatic carbocycles. The van der Waals surface area contributed by atoms with Crippen molar-refractivity contribution in [2.45, 2.75) is 19.0 Å². The molecule has 106 valence electrons. The van der Waals surface area contributed by atoms with Crippen molar-refractivity contribution in [2.24, 2.45) is 7.05 Å². The zero-order valence-corrected chi connectivity index (χ0v) is 11.7. The lowest BCUT2D eigenvalue weighted by Gasteiger charge is -2.15. The first-order valence-corrected chi connectivity index (χ1v) is 6.51. The Balaban J connectivity index is 1.98. The van der Waals surface area contributed by atoms with Gasteiger partial charge in [-0.05, 0) is 5.56 Å². The molecule has 0 aliphatic heterocycles. The Morgan fingerprint density at radius 2 is 2.15 bits per heavy atom.